The quantitative estimate of drug-likeness (QED) is 0.763. The zero-order valence-electron chi connectivity index (χ0n) is 15.2. The number of carbonyl (C=O) groups is 2. The Morgan fingerprint density at radius 1 is 1.00 bits per heavy atom. The maximum Gasteiger partial charge on any atom is 0.344 e. The molecule has 3 fully saturated rings. The molecule has 5 nitrogen and oxygen atoms in total. The highest BCUT2D eigenvalue weighted by molar-refractivity contribution is 6.01. The molecule has 1 saturated heterocycles. The lowest BCUT2D eigenvalue weighted by Crippen LogP contribution is -2.40. The summed E-state index contributed by atoms with van der Waals surface area (Å²) in [6, 6.07) is 19.0. The summed E-state index contributed by atoms with van der Waals surface area (Å²) in [5.41, 5.74) is -0.642. The molecule has 0 N–H and O–H groups in total. The smallest absolute Gasteiger partial charge is 0.344 e. The van der Waals surface area contributed by atoms with Gasteiger partial charge in [-0.15, -0.1) is 0 Å². The second-order valence-corrected chi connectivity index (χ2v) is 7.57. The highest BCUT2D eigenvalue weighted by Crippen LogP contribution is 2.71. The third-order valence-corrected chi connectivity index (χ3v) is 6.05. The Hall–Kier alpha value is -2.57. The van der Waals surface area contributed by atoms with Gasteiger partial charge in [-0.25, -0.2) is 9.18 Å². The van der Waals surface area contributed by atoms with Crippen molar-refractivity contribution in [1.82, 2.24) is 0 Å². The second-order valence-electron chi connectivity index (χ2n) is 7.57. The van der Waals surface area contributed by atoms with Crippen LogP contribution in [0, 0.1) is 11.8 Å². The molecule has 2 saturated carbocycles. The molecule has 0 radical (unpaired) electrons. The minimum Gasteiger partial charge on any atom is -0.467 e. The molecule has 28 heavy (non-hydrogen) atoms. The van der Waals surface area contributed by atoms with Gasteiger partial charge in [0.1, 0.15) is 18.0 Å². The van der Waals surface area contributed by atoms with Crippen molar-refractivity contribution in [2.75, 3.05) is 7.11 Å². The van der Waals surface area contributed by atoms with E-state index in [1.54, 1.807) is 0 Å². The number of methoxy groups -OCH3 is 1. The van der Waals surface area contributed by atoms with Crippen molar-refractivity contribution < 1.29 is 28.2 Å². The Morgan fingerprint density at radius 2 is 1.50 bits per heavy atom. The minimum atomic E-state index is -2.38. The Labute approximate surface area is 161 Å². The maximum atomic E-state index is 15.4. The summed E-state index contributed by atoms with van der Waals surface area (Å²) in [6.45, 7) is 0. The molecule has 144 valence electrons. The lowest BCUT2D eigenvalue weighted by Gasteiger charge is -2.26. The molecule has 5 rings (SSSR count). The lowest BCUT2D eigenvalue weighted by atomic mass is 9.99. The van der Waals surface area contributed by atoms with Crippen LogP contribution in [-0.4, -0.2) is 30.3 Å². The van der Waals surface area contributed by atoms with E-state index in [0.717, 1.165) is 18.2 Å². The number of ether oxygens (including phenoxy) is 3. The van der Waals surface area contributed by atoms with Gasteiger partial charge in [0, 0.05) is 0 Å². The van der Waals surface area contributed by atoms with Gasteiger partial charge in [0.2, 0.25) is 5.67 Å². The predicted molar refractivity (Wildman–Crippen MR) is 95.7 cm³/mol. The van der Waals surface area contributed by atoms with Gasteiger partial charge in [0.15, 0.2) is 5.79 Å². The highest BCUT2D eigenvalue weighted by atomic mass is 19.1. The van der Waals surface area contributed by atoms with Crippen LogP contribution in [0.25, 0.3) is 0 Å². The summed E-state index contributed by atoms with van der Waals surface area (Å²) in [5.74, 6) is -4.92. The number of fused-ring (bicyclic) bond motifs is 2. The number of carbonyl (C=O) groups excluding carboxylic acids is 2. The van der Waals surface area contributed by atoms with E-state index in [0.29, 0.717) is 0 Å². The number of hydrogen-bond donors (Lipinski definition) is 0. The molecular weight excluding hydrogens is 363 g/mol. The number of ketones is 1. The number of Topliss-reactive ketones (excluding diaryl/α,β-unsaturated/α-hetero) is 1. The Balaban J connectivity index is 1.56. The van der Waals surface area contributed by atoms with Crippen molar-refractivity contribution in [3.63, 3.8) is 0 Å². The fraction of sp³-hybridized carbons (Fsp3) is 0.364. The van der Waals surface area contributed by atoms with Crippen molar-refractivity contribution in [2.24, 2.45) is 11.8 Å². The van der Waals surface area contributed by atoms with Gasteiger partial charge in [0.25, 0.3) is 0 Å². The van der Waals surface area contributed by atoms with Crippen LogP contribution >= 0.6 is 0 Å². The zero-order chi connectivity index (χ0) is 19.5. The summed E-state index contributed by atoms with van der Waals surface area (Å²) in [5, 5.41) is 0. The second kappa shape index (κ2) is 5.96. The molecule has 2 aliphatic carbocycles. The van der Waals surface area contributed by atoms with Crippen molar-refractivity contribution in [3.05, 3.63) is 71.8 Å². The molecule has 0 bridgehead atoms. The molecule has 5 atom stereocenters. The molecule has 6 heteroatoms. The van der Waals surface area contributed by atoms with Crippen LogP contribution in [0.2, 0.25) is 0 Å². The topological polar surface area (TPSA) is 61.8 Å². The van der Waals surface area contributed by atoms with Crippen LogP contribution in [0.4, 0.5) is 4.39 Å². The first-order valence-electron chi connectivity index (χ1n) is 9.27. The molecule has 0 aromatic heterocycles. The third-order valence-electron chi connectivity index (χ3n) is 6.05. The first-order valence-corrected chi connectivity index (χ1v) is 9.27. The van der Waals surface area contributed by atoms with E-state index >= 15 is 4.39 Å². The van der Waals surface area contributed by atoms with Gasteiger partial charge >= 0.3 is 5.97 Å². The Kier molecular flexibility index (Phi) is 3.73. The van der Waals surface area contributed by atoms with E-state index in [9.17, 15) is 9.59 Å². The summed E-state index contributed by atoms with van der Waals surface area (Å²) >= 11 is 0. The van der Waals surface area contributed by atoms with E-state index < -0.39 is 41.5 Å². The van der Waals surface area contributed by atoms with Crippen LogP contribution in [0.5, 0.6) is 0 Å². The standard InChI is InChI=1S/C22H19FO5/c1-26-20(25)22(23)16-15(24)12-21(19(16)22)27-17(13-8-4-2-5-9-13)18(28-21)14-10-6-3-7-11-14/h2-11,16-19H,12H2,1H3/t16-,17+,18+,19-,22-/m0/s1. The molecule has 2 aromatic carbocycles. The molecule has 1 aliphatic heterocycles. The summed E-state index contributed by atoms with van der Waals surface area (Å²) in [7, 11) is 1.12. The van der Waals surface area contributed by atoms with Crippen LogP contribution in [0.1, 0.15) is 29.8 Å². The average Bonchev–Trinajstić information content (AvgIpc) is 3.06. The third kappa shape index (κ3) is 2.25. The summed E-state index contributed by atoms with van der Waals surface area (Å²) in [4.78, 5) is 24.5. The lowest BCUT2D eigenvalue weighted by molar-refractivity contribution is -0.200. The summed E-state index contributed by atoms with van der Waals surface area (Å²) in [6.07, 6.45) is -1.10. The van der Waals surface area contributed by atoms with Gasteiger partial charge in [-0.2, -0.15) is 0 Å². The van der Waals surface area contributed by atoms with Gasteiger partial charge in [-0.05, 0) is 11.1 Å². The average molecular weight is 382 g/mol. The minimum absolute atomic E-state index is 0.0718. The normalized spacial score (nSPS) is 35.0. The van der Waals surface area contributed by atoms with E-state index in [1.807, 2.05) is 60.7 Å². The van der Waals surface area contributed by atoms with Crippen molar-refractivity contribution in [2.45, 2.75) is 30.1 Å². The van der Waals surface area contributed by atoms with Crippen LogP contribution in [0.3, 0.4) is 0 Å². The van der Waals surface area contributed by atoms with E-state index in [1.165, 1.54) is 0 Å². The predicted octanol–water partition coefficient (Wildman–Crippen LogP) is 3.31. The number of alkyl halides is 1. The van der Waals surface area contributed by atoms with Crippen LogP contribution in [-0.2, 0) is 23.8 Å². The largest absolute Gasteiger partial charge is 0.467 e. The zero-order valence-corrected chi connectivity index (χ0v) is 15.2. The first kappa shape index (κ1) is 17.5. The fourth-order valence-electron chi connectivity index (χ4n) is 4.81. The first-order chi connectivity index (χ1) is 13.5. The number of halogens is 1. The molecular formula is C22H19FO5. The molecule has 3 aliphatic rings. The molecule has 0 unspecified atom stereocenters. The monoisotopic (exact) mass is 382 g/mol. The number of benzene rings is 2. The van der Waals surface area contributed by atoms with Gasteiger partial charge in [-0.1, -0.05) is 60.7 Å². The highest BCUT2D eigenvalue weighted by Gasteiger charge is 2.87. The molecule has 2 aromatic rings. The number of hydrogen-bond acceptors (Lipinski definition) is 5. The van der Waals surface area contributed by atoms with Crippen molar-refractivity contribution >= 4 is 11.8 Å². The van der Waals surface area contributed by atoms with Crippen LogP contribution < -0.4 is 0 Å². The Bertz CT molecular complexity index is 883. The van der Waals surface area contributed by atoms with Gasteiger partial charge < -0.3 is 14.2 Å². The van der Waals surface area contributed by atoms with Gasteiger partial charge in [0.05, 0.1) is 25.4 Å². The van der Waals surface area contributed by atoms with Crippen LogP contribution in [0.15, 0.2) is 60.7 Å². The fourth-order valence-corrected chi connectivity index (χ4v) is 4.81. The maximum absolute atomic E-state index is 15.4. The molecule has 1 spiro atoms. The SMILES string of the molecule is COC(=O)[C@]1(F)[C@H]2C(=O)CC3(O[C@H](c4ccccc4)[C@@H](c4ccccc4)O3)[C@H]21. The summed E-state index contributed by atoms with van der Waals surface area (Å²) < 4.78 is 32.5. The van der Waals surface area contributed by atoms with E-state index in [-0.39, 0.29) is 12.2 Å². The van der Waals surface area contributed by atoms with E-state index in [4.69, 9.17) is 9.47 Å². The van der Waals surface area contributed by atoms with Crippen molar-refractivity contribution in [3.8, 4) is 0 Å². The van der Waals surface area contributed by atoms with Gasteiger partial charge in [-0.3, -0.25) is 4.79 Å². The molecule has 0 amide bonds. The number of rotatable bonds is 3. The molecule has 1 heterocycles. The Morgan fingerprint density at radius 3 is 1.96 bits per heavy atom. The number of esters is 1. The van der Waals surface area contributed by atoms with Crippen molar-refractivity contribution in [1.29, 1.82) is 0 Å². The van der Waals surface area contributed by atoms with E-state index in [2.05, 4.69) is 4.74 Å².